The number of imidazole rings is 1. The molecule has 0 radical (unpaired) electrons. The molecule has 0 aliphatic carbocycles. The van der Waals surface area contributed by atoms with E-state index in [-0.39, 0.29) is 24.8 Å². The number of aromatic nitrogens is 2. The number of nitrogens with one attached hydrogen (secondary N) is 1. The Kier molecular flexibility index (Phi) is 5.38. The average molecular weight is 406 g/mol. The Labute approximate surface area is 174 Å². The van der Waals surface area contributed by atoms with Crippen molar-refractivity contribution >= 4 is 23.2 Å². The lowest BCUT2D eigenvalue weighted by atomic mass is 10.1. The van der Waals surface area contributed by atoms with E-state index in [1.54, 1.807) is 49.8 Å². The molecule has 2 amide bonds. The van der Waals surface area contributed by atoms with Gasteiger partial charge in [0.25, 0.3) is 0 Å². The van der Waals surface area contributed by atoms with Gasteiger partial charge in [-0.1, -0.05) is 0 Å². The Morgan fingerprint density at radius 1 is 1.13 bits per heavy atom. The largest absolute Gasteiger partial charge is 0.497 e. The van der Waals surface area contributed by atoms with Crippen molar-refractivity contribution in [3.63, 3.8) is 0 Å². The molecule has 1 saturated heterocycles. The van der Waals surface area contributed by atoms with Crippen molar-refractivity contribution in [2.24, 2.45) is 5.92 Å². The van der Waals surface area contributed by atoms with Gasteiger partial charge < -0.3 is 24.3 Å². The van der Waals surface area contributed by atoms with Crippen LogP contribution in [0.1, 0.15) is 6.42 Å². The number of ether oxygens (including phenoxy) is 2. The molecule has 2 aromatic carbocycles. The lowest BCUT2D eigenvalue weighted by Crippen LogP contribution is -2.28. The molecule has 4 rings (SSSR count). The Balaban J connectivity index is 1.46. The number of carbonyl (C=O) groups excluding carboxylic acids is 2. The van der Waals surface area contributed by atoms with Crippen LogP contribution >= 0.6 is 0 Å². The molecule has 1 aromatic heterocycles. The number of carbonyl (C=O) groups is 2. The van der Waals surface area contributed by atoms with E-state index in [0.717, 1.165) is 5.69 Å². The van der Waals surface area contributed by atoms with E-state index in [2.05, 4.69) is 10.3 Å². The Hall–Kier alpha value is -3.81. The molecular weight excluding hydrogens is 384 g/mol. The topological polar surface area (TPSA) is 85.7 Å². The number of methoxy groups -OCH3 is 2. The van der Waals surface area contributed by atoms with Gasteiger partial charge in [-0.05, 0) is 36.4 Å². The molecule has 0 bridgehead atoms. The smallest absolute Gasteiger partial charge is 0.229 e. The maximum Gasteiger partial charge on any atom is 0.229 e. The molecule has 2 heterocycles. The third-order valence-corrected chi connectivity index (χ3v) is 5.11. The molecule has 1 N–H and O–H groups in total. The molecule has 1 unspecified atom stereocenters. The standard InChI is InChI=1S/C22H22N4O4/c1-29-18-7-8-20(30-2)19(12-18)26-13-15(11-21(26)27)22(28)24-16-3-5-17(6-4-16)25-10-9-23-14-25/h3-10,12,14-15H,11,13H2,1-2H3,(H,24,28). The maximum atomic E-state index is 12.8. The van der Waals surface area contributed by atoms with Gasteiger partial charge in [0, 0.05) is 42.8 Å². The van der Waals surface area contributed by atoms with Crippen molar-refractivity contribution < 1.29 is 19.1 Å². The van der Waals surface area contributed by atoms with Crippen molar-refractivity contribution in [1.29, 1.82) is 0 Å². The van der Waals surface area contributed by atoms with Crippen LogP contribution in [0.15, 0.2) is 61.2 Å². The minimum atomic E-state index is -0.457. The van der Waals surface area contributed by atoms with Crippen LogP contribution in [0, 0.1) is 5.92 Å². The summed E-state index contributed by atoms with van der Waals surface area (Å²) < 4.78 is 12.5. The van der Waals surface area contributed by atoms with Gasteiger partial charge in [-0.2, -0.15) is 0 Å². The highest BCUT2D eigenvalue weighted by atomic mass is 16.5. The van der Waals surface area contributed by atoms with Gasteiger partial charge in [0.2, 0.25) is 11.8 Å². The molecule has 1 aliphatic rings. The highest BCUT2D eigenvalue weighted by Gasteiger charge is 2.36. The predicted octanol–water partition coefficient (Wildman–Crippen LogP) is 2.88. The summed E-state index contributed by atoms with van der Waals surface area (Å²) in [5.74, 6) is 0.395. The summed E-state index contributed by atoms with van der Waals surface area (Å²) in [6.45, 7) is 0.279. The second kappa shape index (κ2) is 8.28. The predicted molar refractivity (Wildman–Crippen MR) is 112 cm³/mol. The molecule has 3 aromatic rings. The van der Waals surface area contributed by atoms with Gasteiger partial charge in [0.15, 0.2) is 0 Å². The quantitative estimate of drug-likeness (QED) is 0.680. The van der Waals surface area contributed by atoms with Crippen molar-refractivity contribution in [1.82, 2.24) is 9.55 Å². The zero-order valence-electron chi connectivity index (χ0n) is 16.7. The monoisotopic (exact) mass is 406 g/mol. The minimum absolute atomic E-state index is 0.128. The maximum absolute atomic E-state index is 12.8. The zero-order valence-corrected chi connectivity index (χ0v) is 16.7. The Morgan fingerprint density at radius 3 is 2.60 bits per heavy atom. The molecule has 1 fully saturated rings. The third kappa shape index (κ3) is 3.84. The second-order valence-electron chi connectivity index (χ2n) is 6.95. The van der Waals surface area contributed by atoms with Crippen LogP contribution in [0.25, 0.3) is 5.69 Å². The van der Waals surface area contributed by atoms with Crippen molar-refractivity contribution in [3.05, 3.63) is 61.2 Å². The number of hydrogen-bond acceptors (Lipinski definition) is 5. The number of anilines is 2. The van der Waals surface area contributed by atoms with Gasteiger partial charge >= 0.3 is 0 Å². The summed E-state index contributed by atoms with van der Waals surface area (Å²) in [7, 11) is 3.11. The molecule has 154 valence electrons. The van der Waals surface area contributed by atoms with Gasteiger partial charge in [-0.15, -0.1) is 0 Å². The average Bonchev–Trinajstić information content (AvgIpc) is 3.44. The first-order chi connectivity index (χ1) is 14.6. The Bertz CT molecular complexity index is 1050. The molecule has 1 aliphatic heterocycles. The number of hydrogen-bond donors (Lipinski definition) is 1. The van der Waals surface area contributed by atoms with E-state index in [1.165, 1.54) is 0 Å². The number of rotatable bonds is 6. The second-order valence-corrected chi connectivity index (χ2v) is 6.95. The number of nitrogens with zero attached hydrogens (tertiary/aromatic N) is 3. The molecule has 0 spiro atoms. The van der Waals surface area contributed by atoms with Crippen molar-refractivity contribution in [2.45, 2.75) is 6.42 Å². The van der Waals surface area contributed by atoms with Gasteiger partial charge in [-0.25, -0.2) is 4.98 Å². The number of benzene rings is 2. The number of amides is 2. The zero-order chi connectivity index (χ0) is 21.1. The van der Waals surface area contributed by atoms with E-state index in [0.29, 0.717) is 22.9 Å². The summed E-state index contributed by atoms with van der Waals surface area (Å²) >= 11 is 0. The SMILES string of the molecule is COc1ccc(OC)c(N2CC(C(=O)Nc3ccc(-n4ccnc4)cc3)CC2=O)c1. The fourth-order valence-corrected chi connectivity index (χ4v) is 3.50. The summed E-state index contributed by atoms with van der Waals surface area (Å²) in [4.78, 5) is 31.0. The van der Waals surface area contributed by atoms with Gasteiger partial charge in [0.05, 0.1) is 32.2 Å². The van der Waals surface area contributed by atoms with E-state index < -0.39 is 5.92 Å². The van der Waals surface area contributed by atoms with Crippen LogP contribution in [-0.4, -0.2) is 42.1 Å². The van der Waals surface area contributed by atoms with E-state index in [1.807, 2.05) is 35.0 Å². The molecular formula is C22H22N4O4. The lowest BCUT2D eigenvalue weighted by molar-refractivity contribution is -0.122. The summed E-state index contributed by atoms with van der Waals surface area (Å²) in [5, 5.41) is 2.90. The fourth-order valence-electron chi connectivity index (χ4n) is 3.50. The van der Waals surface area contributed by atoms with Crippen LogP contribution in [0.3, 0.4) is 0 Å². The van der Waals surface area contributed by atoms with Crippen molar-refractivity contribution in [3.8, 4) is 17.2 Å². The van der Waals surface area contributed by atoms with E-state index >= 15 is 0 Å². The Morgan fingerprint density at radius 2 is 1.93 bits per heavy atom. The molecule has 8 nitrogen and oxygen atoms in total. The first-order valence-electron chi connectivity index (χ1n) is 9.50. The van der Waals surface area contributed by atoms with Gasteiger partial charge in [-0.3, -0.25) is 9.59 Å². The third-order valence-electron chi connectivity index (χ3n) is 5.11. The van der Waals surface area contributed by atoms with Crippen LogP contribution in [0.5, 0.6) is 11.5 Å². The fraction of sp³-hybridized carbons (Fsp3) is 0.227. The molecule has 0 saturated carbocycles. The van der Waals surface area contributed by atoms with E-state index in [4.69, 9.17) is 9.47 Å². The van der Waals surface area contributed by atoms with Crippen molar-refractivity contribution in [2.75, 3.05) is 31.0 Å². The van der Waals surface area contributed by atoms with Crippen LogP contribution in [0.4, 0.5) is 11.4 Å². The first kappa shape index (κ1) is 19.5. The lowest BCUT2D eigenvalue weighted by Gasteiger charge is -2.20. The van der Waals surface area contributed by atoms with Gasteiger partial charge in [0.1, 0.15) is 11.5 Å². The summed E-state index contributed by atoms with van der Waals surface area (Å²) in [6.07, 6.45) is 5.40. The molecule has 8 heteroatoms. The molecule has 30 heavy (non-hydrogen) atoms. The minimum Gasteiger partial charge on any atom is -0.497 e. The summed E-state index contributed by atoms with van der Waals surface area (Å²) in [5.41, 5.74) is 2.22. The van der Waals surface area contributed by atoms with Crippen LogP contribution in [-0.2, 0) is 9.59 Å². The summed E-state index contributed by atoms with van der Waals surface area (Å²) in [6, 6.07) is 12.7. The van der Waals surface area contributed by atoms with Crippen LogP contribution < -0.4 is 19.7 Å². The molecule has 1 atom stereocenters. The normalized spacial score (nSPS) is 15.9. The highest BCUT2D eigenvalue weighted by Crippen LogP contribution is 2.36. The first-order valence-corrected chi connectivity index (χ1v) is 9.50. The van der Waals surface area contributed by atoms with Crippen LogP contribution in [0.2, 0.25) is 0 Å². The highest BCUT2D eigenvalue weighted by molar-refractivity contribution is 6.04. The van der Waals surface area contributed by atoms with E-state index in [9.17, 15) is 9.59 Å².